The van der Waals surface area contributed by atoms with E-state index in [1.165, 1.54) is 4.90 Å². The summed E-state index contributed by atoms with van der Waals surface area (Å²) in [6.45, 7) is 3.60. The normalized spacial score (nSPS) is 23.5. The van der Waals surface area contributed by atoms with Crippen molar-refractivity contribution in [2.24, 2.45) is 5.73 Å². The second-order valence-corrected chi connectivity index (χ2v) is 5.11. The van der Waals surface area contributed by atoms with Gasteiger partial charge in [-0.25, -0.2) is 0 Å². The first-order valence-electron chi connectivity index (χ1n) is 6.59. The average Bonchev–Trinajstić information content (AvgIpc) is 2.29. The van der Waals surface area contributed by atoms with Gasteiger partial charge >= 0.3 is 6.18 Å². The maximum absolute atomic E-state index is 12.4. The van der Waals surface area contributed by atoms with Crippen LogP contribution in [0, 0.1) is 0 Å². The number of alkyl halides is 3. The molecule has 0 radical (unpaired) electrons. The molecule has 0 aromatic rings. The summed E-state index contributed by atoms with van der Waals surface area (Å²) in [5.41, 5.74) is 5.76. The molecule has 0 saturated carbocycles. The molecular formula is C12H22F3N3O. The molecule has 1 fully saturated rings. The van der Waals surface area contributed by atoms with E-state index in [2.05, 4.69) is 0 Å². The minimum atomic E-state index is -4.20. The zero-order chi connectivity index (χ0) is 14.6. The second-order valence-electron chi connectivity index (χ2n) is 5.11. The molecule has 0 aromatic carbocycles. The molecule has 1 amide bonds. The molecule has 0 spiro atoms. The Hall–Kier alpha value is -0.820. The number of piperazine rings is 1. The summed E-state index contributed by atoms with van der Waals surface area (Å²) in [5.74, 6) is -0.152. The molecule has 1 saturated heterocycles. The van der Waals surface area contributed by atoms with Crippen molar-refractivity contribution in [1.29, 1.82) is 0 Å². The Bertz CT molecular complexity index is 309. The molecule has 0 unspecified atom stereocenters. The molecule has 19 heavy (non-hydrogen) atoms. The number of carbonyl (C=O) groups excluding carboxylic acids is 1. The van der Waals surface area contributed by atoms with Crippen molar-refractivity contribution < 1.29 is 18.0 Å². The van der Waals surface area contributed by atoms with Crippen LogP contribution < -0.4 is 5.73 Å². The number of halogens is 3. The first-order valence-corrected chi connectivity index (χ1v) is 6.59. The van der Waals surface area contributed by atoms with Gasteiger partial charge in [-0.1, -0.05) is 13.3 Å². The summed E-state index contributed by atoms with van der Waals surface area (Å²) in [5, 5.41) is 0. The Balaban J connectivity index is 2.51. The van der Waals surface area contributed by atoms with Crippen molar-refractivity contribution in [1.82, 2.24) is 9.80 Å². The van der Waals surface area contributed by atoms with Gasteiger partial charge in [-0.2, -0.15) is 13.2 Å². The topological polar surface area (TPSA) is 49.6 Å². The highest BCUT2D eigenvalue weighted by molar-refractivity contribution is 5.81. The zero-order valence-electron chi connectivity index (χ0n) is 11.4. The third kappa shape index (κ3) is 4.99. The lowest BCUT2D eigenvalue weighted by Crippen LogP contribution is -2.58. The number of nitrogens with two attached hydrogens (primary N) is 1. The lowest BCUT2D eigenvalue weighted by atomic mass is 10.1. The summed E-state index contributed by atoms with van der Waals surface area (Å²) >= 11 is 0. The zero-order valence-corrected chi connectivity index (χ0v) is 11.4. The smallest absolute Gasteiger partial charge is 0.339 e. The Morgan fingerprint density at radius 2 is 2.05 bits per heavy atom. The second kappa shape index (κ2) is 6.56. The first kappa shape index (κ1) is 16.2. The van der Waals surface area contributed by atoms with E-state index in [-0.39, 0.29) is 18.5 Å². The van der Waals surface area contributed by atoms with Crippen molar-refractivity contribution in [2.75, 3.05) is 26.2 Å². The maximum atomic E-state index is 12.4. The number of carbonyl (C=O) groups is 1. The number of hydrogen-bond donors (Lipinski definition) is 1. The van der Waals surface area contributed by atoms with Gasteiger partial charge in [0.05, 0.1) is 12.6 Å². The highest BCUT2D eigenvalue weighted by Gasteiger charge is 2.36. The number of amides is 1. The Labute approximate surface area is 111 Å². The predicted octanol–water partition coefficient (Wildman–Crippen LogP) is 1.21. The van der Waals surface area contributed by atoms with Crippen LogP contribution in [-0.2, 0) is 4.79 Å². The van der Waals surface area contributed by atoms with E-state index in [1.807, 2.05) is 6.92 Å². The molecule has 0 aromatic heterocycles. The van der Waals surface area contributed by atoms with Gasteiger partial charge in [0.15, 0.2) is 0 Å². The van der Waals surface area contributed by atoms with Crippen LogP contribution in [0.15, 0.2) is 0 Å². The molecule has 7 heteroatoms. The summed E-state index contributed by atoms with van der Waals surface area (Å²) in [6, 6.07) is -0.834. The van der Waals surface area contributed by atoms with Gasteiger partial charge in [0.25, 0.3) is 0 Å². The molecule has 2 atom stereocenters. The minimum Gasteiger partial charge on any atom is -0.339 e. The molecule has 112 valence electrons. The third-order valence-electron chi connectivity index (χ3n) is 3.38. The SMILES string of the molecule is CCC[C@H](N)C(=O)N1CCN(CC(F)(F)F)[C@@H](C)C1. The first-order chi connectivity index (χ1) is 8.74. The highest BCUT2D eigenvalue weighted by Crippen LogP contribution is 2.20. The van der Waals surface area contributed by atoms with Crippen molar-refractivity contribution >= 4 is 5.91 Å². The van der Waals surface area contributed by atoms with Crippen LogP contribution in [0.4, 0.5) is 13.2 Å². The van der Waals surface area contributed by atoms with Gasteiger partial charge < -0.3 is 10.6 Å². The van der Waals surface area contributed by atoms with Crippen LogP contribution in [0.2, 0.25) is 0 Å². The molecule has 1 heterocycles. The Kier molecular flexibility index (Phi) is 5.61. The molecule has 1 aliphatic heterocycles. The number of hydrogen-bond acceptors (Lipinski definition) is 3. The van der Waals surface area contributed by atoms with Gasteiger partial charge in [0, 0.05) is 25.7 Å². The fourth-order valence-electron chi connectivity index (χ4n) is 2.33. The van der Waals surface area contributed by atoms with Gasteiger partial charge in [0.1, 0.15) is 0 Å². The van der Waals surface area contributed by atoms with Gasteiger partial charge in [-0.3, -0.25) is 9.69 Å². The summed E-state index contributed by atoms with van der Waals surface area (Å²) in [6.07, 6.45) is -2.77. The molecule has 0 aliphatic carbocycles. The lowest BCUT2D eigenvalue weighted by molar-refractivity contribution is -0.157. The quantitative estimate of drug-likeness (QED) is 0.842. The summed E-state index contributed by atoms with van der Waals surface area (Å²) in [7, 11) is 0. The molecular weight excluding hydrogens is 259 g/mol. The van der Waals surface area contributed by atoms with Crippen molar-refractivity contribution in [2.45, 2.75) is 44.9 Å². The van der Waals surface area contributed by atoms with Crippen molar-refractivity contribution in [3.05, 3.63) is 0 Å². The van der Waals surface area contributed by atoms with E-state index >= 15 is 0 Å². The minimum absolute atomic E-state index is 0.152. The van der Waals surface area contributed by atoms with E-state index in [0.717, 1.165) is 6.42 Å². The number of nitrogens with zero attached hydrogens (tertiary/aromatic N) is 2. The average molecular weight is 281 g/mol. The highest BCUT2D eigenvalue weighted by atomic mass is 19.4. The van der Waals surface area contributed by atoms with Crippen LogP contribution in [0.25, 0.3) is 0 Å². The van der Waals surface area contributed by atoms with E-state index in [0.29, 0.717) is 19.5 Å². The van der Waals surface area contributed by atoms with Crippen LogP contribution >= 0.6 is 0 Å². The van der Waals surface area contributed by atoms with E-state index in [1.54, 1.807) is 11.8 Å². The summed E-state index contributed by atoms with van der Waals surface area (Å²) in [4.78, 5) is 14.9. The van der Waals surface area contributed by atoms with Crippen molar-refractivity contribution in [3.8, 4) is 0 Å². The van der Waals surface area contributed by atoms with E-state index < -0.39 is 18.8 Å². The monoisotopic (exact) mass is 281 g/mol. The van der Waals surface area contributed by atoms with Crippen LogP contribution in [0.1, 0.15) is 26.7 Å². The molecule has 0 bridgehead atoms. The third-order valence-corrected chi connectivity index (χ3v) is 3.38. The van der Waals surface area contributed by atoms with Gasteiger partial charge in [-0.15, -0.1) is 0 Å². The molecule has 1 rings (SSSR count). The maximum Gasteiger partial charge on any atom is 0.401 e. The largest absolute Gasteiger partial charge is 0.401 e. The lowest BCUT2D eigenvalue weighted by Gasteiger charge is -2.40. The van der Waals surface area contributed by atoms with Crippen molar-refractivity contribution in [3.63, 3.8) is 0 Å². The van der Waals surface area contributed by atoms with Crippen LogP contribution in [0.3, 0.4) is 0 Å². The van der Waals surface area contributed by atoms with E-state index in [9.17, 15) is 18.0 Å². The standard InChI is InChI=1S/C12H22F3N3O/c1-3-4-10(16)11(19)17-5-6-18(9(2)7-17)8-12(13,14)15/h9-10H,3-8,16H2,1-2H3/t9-,10-/m0/s1. The van der Waals surface area contributed by atoms with Crippen LogP contribution in [-0.4, -0.2) is 60.1 Å². The van der Waals surface area contributed by atoms with E-state index in [4.69, 9.17) is 5.73 Å². The molecule has 1 aliphatic rings. The Morgan fingerprint density at radius 1 is 1.42 bits per heavy atom. The van der Waals surface area contributed by atoms with Crippen LogP contribution in [0.5, 0.6) is 0 Å². The predicted molar refractivity (Wildman–Crippen MR) is 66.6 cm³/mol. The van der Waals surface area contributed by atoms with Gasteiger partial charge in [0.2, 0.25) is 5.91 Å². The fourth-order valence-corrected chi connectivity index (χ4v) is 2.33. The van der Waals surface area contributed by atoms with Gasteiger partial charge in [-0.05, 0) is 13.3 Å². The Morgan fingerprint density at radius 3 is 2.53 bits per heavy atom. The molecule has 2 N–H and O–H groups in total. The number of rotatable bonds is 4. The summed E-state index contributed by atoms with van der Waals surface area (Å²) < 4.78 is 37.1. The molecule has 4 nitrogen and oxygen atoms in total. The fraction of sp³-hybridized carbons (Fsp3) is 0.917.